The number of para-hydroxylation sites is 2. The van der Waals surface area contributed by atoms with Crippen LogP contribution >= 0.6 is 0 Å². The van der Waals surface area contributed by atoms with E-state index >= 15 is 0 Å². The van der Waals surface area contributed by atoms with Crippen LogP contribution in [0.3, 0.4) is 0 Å². The van der Waals surface area contributed by atoms with Crippen LogP contribution in [0.25, 0.3) is 66.2 Å². The van der Waals surface area contributed by atoms with E-state index in [1.807, 2.05) is 12.3 Å². The maximum atomic E-state index is 6.70. The SMILES string of the molecule is Cc1ccc2c(c1)c1cnc(-n3c4ccccc4c4ccc(Oc5cccc(N6CN(C)c7ccc(-c8ccccc8)cc76)c5)cc43)cc1n2-c1ccccc1. The van der Waals surface area contributed by atoms with Crippen LogP contribution < -0.4 is 14.5 Å². The summed E-state index contributed by atoms with van der Waals surface area (Å²) in [5.41, 5.74) is 12.6. The molecule has 6 heteroatoms. The van der Waals surface area contributed by atoms with Gasteiger partial charge in [0, 0.05) is 64.4 Å². The number of ether oxygens (including phenoxy) is 1. The second-order valence-corrected chi connectivity index (χ2v) is 14.7. The number of aromatic nitrogens is 3. The minimum atomic E-state index is 0.753. The van der Waals surface area contributed by atoms with Crippen molar-refractivity contribution in [2.24, 2.45) is 0 Å². The fraction of sp³-hybridized carbons (Fsp3) is 0.0600. The molecule has 6 nitrogen and oxygen atoms in total. The van der Waals surface area contributed by atoms with Gasteiger partial charge in [-0.25, -0.2) is 4.98 Å². The van der Waals surface area contributed by atoms with Gasteiger partial charge in [0.15, 0.2) is 0 Å². The summed E-state index contributed by atoms with van der Waals surface area (Å²) in [6.07, 6.45) is 2.04. The maximum absolute atomic E-state index is 6.70. The smallest absolute Gasteiger partial charge is 0.139 e. The number of anilines is 3. The van der Waals surface area contributed by atoms with Crippen LogP contribution in [0.15, 0.2) is 176 Å². The first-order chi connectivity index (χ1) is 27.6. The molecule has 3 aromatic heterocycles. The summed E-state index contributed by atoms with van der Waals surface area (Å²) in [6, 6.07) is 60.1. The highest BCUT2D eigenvalue weighted by Gasteiger charge is 2.26. The molecule has 1 aliphatic rings. The van der Waals surface area contributed by atoms with Gasteiger partial charge in [0.25, 0.3) is 0 Å². The lowest BCUT2D eigenvalue weighted by molar-refractivity contribution is 0.483. The van der Waals surface area contributed by atoms with Gasteiger partial charge in [-0.2, -0.15) is 0 Å². The Labute approximate surface area is 324 Å². The molecule has 10 aromatic rings. The van der Waals surface area contributed by atoms with Crippen LogP contribution in [0.4, 0.5) is 17.1 Å². The summed E-state index contributed by atoms with van der Waals surface area (Å²) in [5, 5.41) is 4.64. The zero-order valence-electron chi connectivity index (χ0n) is 31.1. The van der Waals surface area contributed by atoms with Gasteiger partial charge in [-0.1, -0.05) is 90.5 Å². The molecular weight excluding hydrogens is 687 g/mol. The van der Waals surface area contributed by atoms with Crippen molar-refractivity contribution < 1.29 is 4.74 Å². The lowest BCUT2D eigenvalue weighted by Crippen LogP contribution is -2.23. The second kappa shape index (κ2) is 12.6. The zero-order valence-corrected chi connectivity index (χ0v) is 31.1. The minimum absolute atomic E-state index is 0.753. The van der Waals surface area contributed by atoms with Crippen LogP contribution in [0.1, 0.15) is 5.56 Å². The van der Waals surface area contributed by atoms with Gasteiger partial charge in [0.1, 0.15) is 17.3 Å². The Morgan fingerprint density at radius 1 is 0.482 bits per heavy atom. The summed E-state index contributed by atoms with van der Waals surface area (Å²) in [4.78, 5) is 9.80. The van der Waals surface area contributed by atoms with Crippen molar-refractivity contribution in [2.45, 2.75) is 6.92 Å². The molecule has 1 aliphatic heterocycles. The van der Waals surface area contributed by atoms with Crippen molar-refractivity contribution in [2.75, 3.05) is 23.5 Å². The fourth-order valence-electron chi connectivity index (χ4n) is 8.56. The average molecular weight is 724 g/mol. The minimum Gasteiger partial charge on any atom is -0.457 e. The Hall–Kier alpha value is -7.31. The van der Waals surface area contributed by atoms with Crippen LogP contribution in [0.5, 0.6) is 11.5 Å². The second-order valence-electron chi connectivity index (χ2n) is 14.7. The third-order valence-electron chi connectivity index (χ3n) is 11.2. The zero-order chi connectivity index (χ0) is 37.3. The third kappa shape index (κ3) is 5.14. The molecule has 0 N–H and O–H groups in total. The van der Waals surface area contributed by atoms with Crippen LogP contribution in [-0.4, -0.2) is 27.8 Å². The predicted octanol–water partition coefficient (Wildman–Crippen LogP) is 12.6. The van der Waals surface area contributed by atoms with E-state index in [4.69, 9.17) is 9.72 Å². The Bertz CT molecular complexity index is 3130. The molecule has 0 unspecified atom stereocenters. The largest absolute Gasteiger partial charge is 0.457 e. The first kappa shape index (κ1) is 32.1. The number of benzene rings is 7. The summed E-state index contributed by atoms with van der Waals surface area (Å²) >= 11 is 0. The van der Waals surface area contributed by atoms with Crippen LogP contribution in [-0.2, 0) is 0 Å². The number of hydrogen-bond donors (Lipinski definition) is 0. The summed E-state index contributed by atoms with van der Waals surface area (Å²) in [6.45, 7) is 2.90. The first-order valence-electron chi connectivity index (χ1n) is 19.0. The molecular formula is C50H37N5O. The molecule has 0 spiro atoms. The lowest BCUT2D eigenvalue weighted by Gasteiger charge is -2.20. The number of fused-ring (bicyclic) bond motifs is 7. The Morgan fingerprint density at radius 3 is 2.09 bits per heavy atom. The van der Waals surface area contributed by atoms with Crippen molar-refractivity contribution in [1.82, 2.24) is 14.1 Å². The van der Waals surface area contributed by atoms with E-state index < -0.39 is 0 Å². The van der Waals surface area contributed by atoms with Crippen molar-refractivity contribution in [1.29, 1.82) is 0 Å². The van der Waals surface area contributed by atoms with Crippen LogP contribution in [0.2, 0.25) is 0 Å². The van der Waals surface area contributed by atoms with Gasteiger partial charge in [-0.3, -0.25) is 4.57 Å². The highest BCUT2D eigenvalue weighted by molar-refractivity contribution is 6.11. The van der Waals surface area contributed by atoms with Gasteiger partial charge >= 0.3 is 0 Å². The molecule has 0 bridgehead atoms. The normalized spacial score (nSPS) is 12.7. The fourth-order valence-corrected chi connectivity index (χ4v) is 8.56. The van der Waals surface area contributed by atoms with Gasteiger partial charge in [0.05, 0.1) is 40.1 Å². The number of rotatable bonds is 6. The maximum Gasteiger partial charge on any atom is 0.139 e. The van der Waals surface area contributed by atoms with Gasteiger partial charge in [-0.05, 0) is 84.8 Å². The number of aryl methyl sites for hydroxylation is 1. The van der Waals surface area contributed by atoms with E-state index in [-0.39, 0.29) is 0 Å². The molecule has 0 radical (unpaired) electrons. The number of hydrogen-bond acceptors (Lipinski definition) is 4. The van der Waals surface area contributed by atoms with Gasteiger partial charge in [0.2, 0.25) is 0 Å². The third-order valence-corrected chi connectivity index (χ3v) is 11.2. The van der Waals surface area contributed by atoms with E-state index in [1.54, 1.807) is 0 Å². The highest BCUT2D eigenvalue weighted by atomic mass is 16.5. The topological polar surface area (TPSA) is 38.5 Å². The molecule has 0 aliphatic carbocycles. The summed E-state index contributed by atoms with van der Waals surface area (Å²) in [5.74, 6) is 2.40. The number of nitrogens with zero attached hydrogens (tertiary/aromatic N) is 5. The molecule has 7 aromatic carbocycles. The molecule has 268 valence electrons. The molecule has 0 atom stereocenters. The van der Waals surface area contributed by atoms with E-state index in [0.29, 0.717) is 0 Å². The average Bonchev–Trinajstić information content (AvgIpc) is 3.87. The van der Waals surface area contributed by atoms with Gasteiger partial charge < -0.3 is 19.1 Å². The lowest BCUT2D eigenvalue weighted by atomic mass is 10.0. The van der Waals surface area contributed by atoms with Crippen molar-refractivity contribution in [3.8, 4) is 34.1 Å². The Morgan fingerprint density at radius 2 is 1.21 bits per heavy atom. The molecule has 0 saturated heterocycles. The van der Waals surface area contributed by atoms with Gasteiger partial charge in [-0.15, -0.1) is 0 Å². The quantitative estimate of drug-likeness (QED) is 0.171. The predicted molar refractivity (Wildman–Crippen MR) is 231 cm³/mol. The molecule has 11 rings (SSSR count). The highest BCUT2D eigenvalue weighted by Crippen LogP contribution is 2.44. The Kier molecular flexibility index (Phi) is 7.26. The van der Waals surface area contributed by atoms with E-state index in [0.717, 1.165) is 68.2 Å². The van der Waals surface area contributed by atoms with E-state index in [2.05, 4.69) is 197 Å². The van der Waals surface area contributed by atoms with E-state index in [1.165, 1.54) is 38.8 Å². The van der Waals surface area contributed by atoms with Crippen molar-refractivity contribution >= 4 is 60.7 Å². The molecule has 0 amide bonds. The van der Waals surface area contributed by atoms with Crippen LogP contribution in [0, 0.1) is 6.92 Å². The summed E-state index contributed by atoms with van der Waals surface area (Å²) in [7, 11) is 2.14. The number of pyridine rings is 1. The Balaban J connectivity index is 1.00. The standard InChI is InChI=1S/C50H37N5O/c1-33-20-24-45-42(26-33)43-31-51-50(30-48(43)54(45)36-14-7-4-8-15-36)55-44-19-10-9-18-40(44)41-23-22-39(29-47(41)55)56-38-17-11-16-37(28-38)53-32-52(2)46-25-21-35(27-49(46)53)34-12-5-3-6-13-34/h3-31H,32H2,1-2H3. The van der Waals surface area contributed by atoms with Crippen molar-refractivity contribution in [3.05, 3.63) is 182 Å². The molecule has 56 heavy (non-hydrogen) atoms. The van der Waals surface area contributed by atoms with Crippen molar-refractivity contribution in [3.63, 3.8) is 0 Å². The molecule has 0 fully saturated rings. The summed E-state index contributed by atoms with van der Waals surface area (Å²) < 4.78 is 11.3. The molecule has 0 saturated carbocycles. The van der Waals surface area contributed by atoms with E-state index in [9.17, 15) is 0 Å². The monoisotopic (exact) mass is 723 g/mol. The molecule has 4 heterocycles. The first-order valence-corrected chi connectivity index (χ1v) is 19.0.